The van der Waals surface area contributed by atoms with Gasteiger partial charge < -0.3 is 14.8 Å². The van der Waals surface area contributed by atoms with Crippen molar-refractivity contribution in [2.75, 3.05) is 20.3 Å². The van der Waals surface area contributed by atoms with Gasteiger partial charge in [0.25, 0.3) is 11.6 Å². The monoisotopic (exact) mass is 414 g/mol. The Morgan fingerprint density at radius 1 is 1.17 bits per heavy atom. The lowest BCUT2D eigenvalue weighted by molar-refractivity contribution is -0.384. The molecule has 0 atom stereocenters. The fraction of sp³-hybridized carbons (Fsp3) is 0.200. The minimum absolute atomic E-state index is 0.0513. The van der Waals surface area contributed by atoms with E-state index in [0.717, 1.165) is 27.3 Å². The van der Waals surface area contributed by atoms with Crippen molar-refractivity contribution in [3.05, 3.63) is 69.1 Å². The van der Waals surface area contributed by atoms with Crippen molar-refractivity contribution in [3.8, 4) is 5.75 Å². The third kappa shape index (κ3) is 5.08. The summed E-state index contributed by atoms with van der Waals surface area (Å²) in [5.74, 6) is -0.308. The lowest BCUT2D eigenvalue weighted by Crippen LogP contribution is -2.30. The zero-order valence-corrected chi connectivity index (χ0v) is 16.4. The number of carbonyl (C=O) groups is 2. The van der Waals surface area contributed by atoms with Crippen LogP contribution in [0.5, 0.6) is 5.75 Å². The first-order valence-electron chi connectivity index (χ1n) is 8.71. The number of carbonyl (C=O) groups excluding carboxylic acids is 2. The SMILES string of the molecule is COc1ccccc1CCNC(=O)COC(=O)c1cc2cc([N+](=O)[O-])ccc2s1. The third-order valence-electron chi connectivity index (χ3n) is 4.16. The fourth-order valence-electron chi connectivity index (χ4n) is 2.74. The van der Waals surface area contributed by atoms with Crippen molar-refractivity contribution in [1.82, 2.24) is 5.32 Å². The number of non-ortho nitro benzene ring substituents is 1. The van der Waals surface area contributed by atoms with Crippen LogP contribution >= 0.6 is 11.3 Å². The maximum absolute atomic E-state index is 12.2. The first-order chi connectivity index (χ1) is 14.0. The molecular weight excluding hydrogens is 396 g/mol. The van der Waals surface area contributed by atoms with Gasteiger partial charge >= 0.3 is 5.97 Å². The van der Waals surface area contributed by atoms with Crippen LogP contribution in [0, 0.1) is 10.1 Å². The highest BCUT2D eigenvalue weighted by Crippen LogP contribution is 2.29. The summed E-state index contributed by atoms with van der Waals surface area (Å²) < 4.78 is 11.0. The Balaban J connectivity index is 1.50. The Labute approximate surface area is 170 Å². The molecule has 0 aliphatic heterocycles. The van der Waals surface area contributed by atoms with Gasteiger partial charge in [-0.2, -0.15) is 0 Å². The molecule has 1 heterocycles. The number of benzene rings is 2. The number of ether oxygens (including phenoxy) is 2. The number of nitro groups is 1. The first-order valence-corrected chi connectivity index (χ1v) is 9.53. The summed E-state index contributed by atoms with van der Waals surface area (Å²) in [6.45, 7) is -0.0253. The number of hydrogen-bond acceptors (Lipinski definition) is 7. The molecule has 3 aromatic rings. The Kier molecular flexibility index (Phi) is 6.40. The number of thiophene rings is 1. The summed E-state index contributed by atoms with van der Waals surface area (Å²) in [7, 11) is 1.59. The van der Waals surface area contributed by atoms with Crippen LogP contribution in [0.2, 0.25) is 0 Å². The Morgan fingerprint density at radius 2 is 1.97 bits per heavy atom. The van der Waals surface area contributed by atoms with E-state index in [4.69, 9.17) is 9.47 Å². The Morgan fingerprint density at radius 3 is 2.72 bits per heavy atom. The van der Waals surface area contributed by atoms with Gasteiger partial charge in [0.05, 0.1) is 12.0 Å². The van der Waals surface area contributed by atoms with E-state index in [2.05, 4.69) is 5.32 Å². The van der Waals surface area contributed by atoms with Gasteiger partial charge in [0.2, 0.25) is 0 Å². The molecule has 2 aromatic carbocycles. The van der Waals surface area contributed by atoms with Gasteiger partial charge in [-0.25, -0.2) is 4.79 Å². The molecule has 29 heavy (non-hydrogen) atoms. The number of nitro benzene ring substituents is 1. The second-order valence-electron chi connectivity index (χ2n) is 6.08. The minimum atomic E-state index is -0.645. The van der Waals surface area contributed by atoms with Gasteiger partial charge in [0.1, 0.15) is 10.6 Å². The van der Waals surface area contributed by atoms with E-state index >= 15 is 0 Å². The molecule has 0 aliphatic carbocycles. The zero-order valence-electron chi connectivity index (χ0n) is 15.5. The van der Waals surface area contributed by atoms with Crippen LogP contribution in [0.1, 0.15) is 15.2 Å². The number of amides is 1. The number of fused-ring (bicyclic) bond motifs is 1. The summed E-state index contributed by atoms with van der Waals surface area (Å²) in [4.78, 5) is 34.7. The Bertz CT molecular complexity index is 1060. The molecule has 9 heteroatoms. The van der Waals surface area contributed by atoms with Crippen molar-refractivity contribution in [2.45, 2.75) is 6.42 Å². The molecule has 0 spiro atoms. The van der Waals surface area contributed by atoms with Crippen molar-refractivity contribution >= 4 is 39.0 Å². The molecule has 0 saturated heterocycles. The molecule has 0 aliphatic rings. The van der Waals surface area contributed by atoms with Crippen molar-refractivity contribution in [2.24, 2.45) is 0 Å². The van der Waals surface area contributed by atoms with Gasteiger partial charge in [-0.1, -0.05) is 18.2 Å². The van der Waals surface area contributed by atoms with Crippen LogP contribution in [0.3, 0.4) is 0 Å². The summed E-state index contributed by atoms with van der Waals surface area (Å²) in [6.07, 6.45) is 0.582. The molecule has 0 unspecified atom stereocenters. The topological polar surface area (TPSA) is 108 Å². The van der Waals surface area contributed by atoms with Gasteiger partial charge in [0.15, 0.2) is 6.61 Å². The highest BCUT2D eigenvalue weighted by atomic mass is 32.1. The number of esters is 1. The summed E-state index contributed by atoms with van der Waals surface area (Å²) >= 11 is 1.15. The first kappa shape index (κ1) is 20.3. The smallest absolute Gasteiger partial charge is 0.348 e. The van der Waals surface area contributed by atoms with Crippen LogP contribution in [0.4, 0.5) is 5.69 Å². The highest BCUT2D eigenvalue weighted by Gasteiger charge is 2.15. The predicted molar refractivity (Wildman–Crippen MR) is 108 cm³/mol. The van der Waals surface area contributed by atoms with Gasteiger partial charge in [0, 0.05) is 28.8 Å². The highest BCUT2D eigenvalue weighted by molar-refractivity contribution is 7.20. The molecule has 0 radical (unpaired) electrons. The maximum atomic E-state index is 12.2. The molecule has 150 valence electrons. The molecule has 1 amide bonds. The number of para-hydroxylation sites is 1. The van der Waals surface area contributed by atoms with Gasteiger partial charge in [-0.05, 0) is 30.2 Å². The predicted octanol–water partition coefficient (Wildman–Crippen LogP) is 3.33. The van der Waals surface area contributed by atoms with Crippen molar-refractivity contribution in [1.29, 1.82) is 0 Å². The number of nitrogens with one attached hydrogen (secondary N) is 1. The van der Waals surface area contributed by atoms with Crippen molar-refractivity contribution in [3.63, 3.8) is 0 Å². The number of methoxy groups -OCH3 is 1. The molecule has 1 N–H and O–H groups in total. The molecule has 8 nitrogen and oxygen atoms in total. The summed E-state index contributed by atoms with van der Waals surface area (Å²) in [5, 5.41) is 14.1. The van der Waals surface area contributed by atoms with E-state index in [-0.39, 0.29) is 10.6 Å². The standard InChI is InChI=1S/C20H18N2O6S/c1-27-16-5-3-2-4-13(16)8-9-21-19(23)12-28-20(24)18-11-14-10-15(22(25)26)6-7-17(14)29-18/h2-7,10-11H,8-9,12H2,1H3,(H,21,23). The maximum Gasteiger partial charge on any atom is 0.348 e. The second-order valence-corrected chi connectivity index (χ2v) is 7.16. The van der Waals surface area contributed by atoms with E-state index in [0.29, 0.717) is 18.4 Å². The average Bonchev–Trinajstić information content (AvgIpc) is 3.15. The lowest BCUT2D eigenvalue weighted by atomic mass is 10.1. The van der Waals surface area contributed by atoms with Crippen LogP contribution in [-0.4, -0.2) is 37.1 Å². The van der Waals surface area contributed by atoms with Crippen LogP contribution in [-0.2, 0) is 16.0 Å². The molecule has 1 aromatic heterocycles. The molecule has 0 bridgehead atoms. The summed E-state index contributed by atoms with van der Waals surface area (Å²) in [6, 6.07) is 13.4. The average molecular weight is 414 g/mol. The van der Waals surface area contributed by atoms with E-state index < -0.39 is 23.4 Å². The number of nitrogens with zero attached hydrogens (tertiary/aromatic N) is 1. The molecule has 0 fully saturated rings. The Hall–Kier alpha value is -3.46. The number of rotatable bonds is 8. The molecule has 0 saturated carbocycles. The van der Waals surface area contributed by atoms with Crippen LogP contribution in [0.15, 0.2) is 48.5 Å². The normalized spacial score (nSPS) is 10.5. The summed E-state index contributed by atoms with van der Waals surface area (Å²) in [5.41, 5.74) is 0.913. The molecular formula is C20H18N2O6S. The van der Waals surface area contributed by atoms with Gasteiger partial charge in [-0.15, -0.1) is 11.3 Å². The van der Waals surface area contributed by atoms with E-state index in [1.165, 1.54) is 18.2 Å². The van der Waals surface area contributed by atoms with Gasteiger partial charge in [-0.3, -0.25) is 14.9 Å². The zero-order chi connectivity index (χ0) is 20.8. The van der Waals surface area contributed by atoms with Crippen molar-refractivity contribution < 1.29 is 24.0 Å². The lowest BCUT2D eigenvalue weighted by Gasteiger charge is -2.09. The van der Waals surface area contributed by atoms with Crippen LogP contribution in [0.25, 0.3) is 10.1 Å². The van der Waals surface area contributed by atoms with E-state index in [1.807, 2.05) is 24.3 Å². The quantitative estimate of drug-likeness (QED) is 0.344. The molecule has 3 rings (SSSR count). The largest absolute Gasteiger partial charge is 0.496 e. The van der Waals surface area contributed by atoms with E-state index in [9.17, 15) is 19.7 Å². The number of hydrogen-bond donors (Lipinski definition) is 1. The third-order valence-corrected chi connectivity index (χ3v) is 5.25. The second kappa shape index (κ2) is 9.16. The minimum Gasteiger partial charge on any atom is -0.496 e. The van der Waals surface area contributed by atoms with Crippen LogP contribution < -0.4 is 10.1 Å². The van der Waals surface area contributed by atoms with E-state index in [1.54, 1.807) is 13.2 Å². The fourth-order valence-corrected chi connectivity index (χ4v) is 3.68.